The molecule has 2 heteroatoms. The van der Waals surface area contributed by atoms with Gasteiger partial charge in [-0.25, -0.2) is 4.98 Å². The molecule has 1 N–H and O–H groups in total. The Kier molecular flexibility index (Phi) is 6.52. The van der Waals surface area contributed by atoms with Gasteiger partial charge in [0.25, 0.3) is 0 Å². The first-order chi connectivity index (χ1) is 10.6. The first kappa shape index (κ1) is 20.3. The maximum Gasteiger partial charge on any atom is 0.112 e. The monoisotopic (exact) mass is 320 g/mol. The average molecular weight is 321 g/mol. The van der Waals surface area contributed by atoms with Crippen LogP contribution in [0, 0.1) is 0 Å². The predicted molar refractivity (Wildman–Crippen MR) is 102 cm³/mol. The summed E-state index contributed by atoms with van der Waals surface area (Å²) in [4.78, 5) is 8.97. The molecular weight excluding hydrogens is 280 g/mol. The summed E-state index contributed by atoms with van der Waals surface area (Å²) in [6.07, 6.45) is 7.11. The van der Waals surface area contributed by atoms with E-state index in [0.29, 0.717) is 0 Å². The minimum Gasteiger partial charge on any atom is -0.345 e. The van der Waals surface area contributed by atoms with E-state index in [-0.39, 0.29) is 16.2 Å². The maximum absolute atomic E-state index is 5.18. The predicted octanol–water partition coefficient (Wildman–Crippen LogP) is 6.64. The topological polar surface area (TPSA) is 28.7 Å². The second-order valence-corrected chi connectivity index (χ2v) is 8.80. The van der Waals surface area contributed by atoms with E-state index in [1.54, 1.807) is 0 Å². The Morgan fingerprint density at radius 1 is 0.826 bits per heavy atom. The lowest BCUT2D eigenvalue weighted by molar-refractivity contribution is 0.391. The van der Waals surface area contributed by atoms with Crippen molar-refractivity contribution in [3.05, 3.63) is 17.2 Å². The largest absolute Gasteiger partial charge is 0.345 e. The molecule has 2 nitrogen and oxygen atoms in total. The number of nitrogens with one attached hydrogen (secondary N) is 1. The number of hydrogen-bond acceptors (Lipinski definition) is 1. The molecule has 0 atom stereocenters. The normalized spacial score (nSPS) is 13.6. The van der Waals surface area contributed by atoms with Crippen LogP contribution in [0.4, 0.5) is 0 Å². The smallest absolute Gasteiger partial charge is 0.112 e. The van der Waals surface area contributed by atoms with Crippen molar-refractivity contribution in [1.82, 2.24) is 9.97 Å². The van der Waals surface area contributed by atoms with Crippen molar-refractivity contribution < 1.29 is 0 Å². The van der Waals surface area contributed by atoms with E-state index in [0.717, 1.165) is 19.3 Å². The molecule has 0 aliphatic rings. The van der Waals surface area contributed by atoms with E-state index in [1.807, 2.05) is 0 Å². The highest BCUT2D eigenvalue weighted by Crippen LogP contribution is 2.40. The summed E-state index contributed by atoms with van der Waals surface area (Å²) in [5.74, 6) is 1.17. The molecule has 0 amide bonds. The lowest BCUT2D eigenvalue weighted by atomic mass is 9.74. The van der Waals surface area contributed by atoms with Crippen LogP contribution < -0.4 is 0 Å². The van der Waals surface area contributed by atoms with Crippen LogP contribution in [0.25, 0.3) is 0 Å². The first-order valence-corrected chi connectivity index (χ1v) is 9.69. The Morgan fingerprint density at radius 3 is 1.83 bits per heavy atom. The maximum atomic E-state index is 5.18. The fourth-order valence-electron chi connectivity index (χ4n) is 3.13. The van der Waals surface area contributed by atoms with Crippen LogP contribution in [0.5, 0.6) is 0 Å². The fraction of sp³-hybridized carbons (Fsp3) is 0.857. The Balaban J connectivity index is 3.47. The van der Waals surface area contributed by atoms with Gasteiger partial charge in [0.15, 0.2) is 0 Å². The number of hydrogen-bond donors (Lipinski definition) is 1. The highest BCUT2D eigenvalue weighted by atomic mass is 15.0. The van der Waals surface area contributed by atoms with Gasteiger partial charge >= 0.3 is 0 Å². The van der Waals surface area contributed by atoms with E-state index < -0.39 is 0 Å². The van der Waals surface area contributed by atoms with Crippen LogP contribution in [0.1, 0.15) is 118 Å². The minimum atomic E-state index is 0.107. The first-order valence-electron chi connectivity index (χ1n) is 9.69. The molecule has 0 aliphatic carbocycles. The number of nitrogens with zero attached hydrogens (tertiary/aromatic N) is 1. The zero-order valence-corrected chi connectivity index (χ0v) is 17.2. The van der Waals surface area contributed by atoms with E-state index in [1.165, 1.54) is 36.5 Å². The zero-order valence-electron chi connectivity index (χ0n) is 17.2. The quantitative estimate of drug-likeness (QED) is 0.542. The van der Waals surface area contributed by atoms with E-state index in [4.69, 9.17) is 4.98 Å². The number of imidazole rings is 1. The Labute approximate surface area is 144 Å². The number of aromatic amines is 1. The summed E-state index contributed by atoms with van der Waals surface area (Å²) >= 11 is 0. The number of unbranched alkanes of at least 4 members (excludes halogenated alkanes) is 1. The molecule has 1 aromatic heterocycles. The van der Waals surface area contributed by atoms with Crippen LogP contribution in [-0.2, 0) is 16.2 Å². The second-order valence-electron chi connectivity index (χ2n) is 8.80. The summed E-state index contributed by atoms with van der Waals surface area (Å²) < 4.78 is 0. The van der Waals surface area contributed by atoms with Crippen LogP contribution in [0.2, 0.25) is 0 Å². The Morgan fingerprint density at radius 2 is 1.39 bits per heavy atom. The molecule has 1 aromatic rings. The molecule has 0 bridgehead atoms. The van der Waals surface area contributed by atoms with Gasteiger partial charge in [-0.1, -0.05) is 75.2 Å². The summed E-state index contributed by atoms with van der Waals surface area (Å²) in [5, 5.41) is 0. The van der Waals surface area contributed by atoms with Gasteiger partial charge < -0.3 is 4.98 Å². The van der Waals surface area contributed by atoms with Crippen molar-refractivity contribution in [1.29, 1.82) is 0 Å². The van der Waals surface area contributed by atoms with Crippen molar-refractivity contribution in [2.45, 2.75) is 117 Å². The van der Waals surface area contributed by atoms with Gasteiger partial charge in [0.05, 0.1) is 5.69 Å². The molecule has 23 heavy (non-hydrogen) atoms. The Hall–Kier alpha value is -0.790. The van der Waals surface area contributed by atoms with Crippen molar-refractivity contribution in [3.63, 3.8) is 0 Å². The van der Waals surface area contributed by atoms with Gasteiger partial charge in [0.2, 0.25) is 0 Å². The molecular formula is C21H40N2. The third-order valence-electron chi connectivity index (χ3n) is 6.19. The van der Waals surface area contributed by atoms with Gasteiger partial charge in [0, 0.05) is 21.9 Å². The van der Waals surface area contributed by atoms with Crippen LogP contribution in [0.3, 0.4) is 0 Å². The fourth-order valence-corrected chi connectivity index (χ4v) is 3.13. The third-order valence-corrected chi connectivity index (χ3v) is 6.19. The van der Waals surface area contributed by atoms with Gasteiger partial charge in [-0.2, -0.15) is 0 Å². The summed E-state index contributed by atoms with van der Waals surface area (Å²) in [6.45, 7) is 20.9. The molecule has 0 saturated heterocycles. The highest BCUT2D eigenvalue weighted by molar-refractivity contribution is 5.31. The minimum absolute atomic E-state index is 0.107. The van der Waals surface area contributed by atoms with Crippen molar-refractivity contribution in [2.75, 3.05) is 0 Å². The van der Waals surface area contributed by atoms with Gasteiger partial charge in [0.1, 0.15) is 5.82 Å². The van der Waals surface area contributed by atoms with Crippen molar-refractivity contribution in [2.24, 2.45) is 0 Å². The van der Waals surface area contributed by atoms with Crippen molar-refractivity contribution in [3.8, 4) is 0 Å². The third kappa shape index (κ3) is 4.19. The van der Waals surface area contributed by atoms with Crippen LogP contribution in [-0.4, -0.2) is 9.97 Å². The Bertz CT molecular complexity index is 490. The van der Waals surface area contributed by atoms with Gasteiger partial charge in [-0.05, 0) is 25.7 Å². The van der Waals surface area contributed by atoms with Crippen LogP contribution >= 0.6 is 0 Å². The number of rotatable bonds is 9. The highest BCUT2D eigenvalue weighted by Gasteiger charge is 2.37. The lowest BCUT2D eigenvalue weighted by Gasteiger charge is -2.32. The van der Waals surface area contributed by atoms with Gasteiger partial charge in [-0.3, -0.25) is 0 Å². The van der Waals surface area contributed by atoms with Crippen molar-refractivity contribution >= 4 is 0 Å². The van der Waals surface area contributed by atoms with E-state index >= 15 is 0 Å². The molecule has 0 aromatic carbocycles. The summed E-state index contributed by atoms with van der Waals surface area (Å²) in [6, 6.07) is 0. The molecule has 0 fully saturated rings. The molecule has 134 valence electrons. The molecule has 0 spiro atoms. The molecule has 0 radical (unpaired) electrons. The standard InChI is InChI=1S/C21H40N2/c1-10-14-15-20(7,8)16-17(21(9,12-3)13-4)23-18(22-16)19(5,6)11-2/h10-15H2,1-9H3,(H,22,23). The average Bonchev–Trinajstić information content (AvgIpc) is 2.99. The zero-order chi connectivity index (χ0) is 17.9. The number of H-pyrrole nitrogens is 1. The van der Waals surface area contributed by atoms with E-state index in [2.05, 4.69) is 67.3 Å². The molecule has 0 aliphatic heterocycles. The molecule has 0 saturated carbocycles. The van der Waals surface area contributed by atoms with Crippen LogP contribution in [0.15, 0.2) is 0 Å². The SMILES string of the molecule is CCCCC(C)(C)c1nc(C(C)(C)CC)[nH]c1C(C)(CC)CC. The second kappa shape index (κ2) is 7.40. The number of aromatic nitrogens is 2. The molecule has 0 unspecified atom stereocenters. The van der Waals surface area contributed by atoms with E-state index in [9.17, 15) is 0 Å². The van der Waals surface area contributed by atoms with Gasteiger partial charge in [-0.15, -0.1) is 0 Å². The molecule has 1 rings (SSSR count). The summed E-state index contributed by atoms with van der Waals surface area (Å²) in [7, 11) is 0. The molecule has 1 heterocycles. The lowest BCUT2D eigenvalue weighted by Crippen LogP contribution is -2.28. The summed E-state index contributed by atoms with van der Waals surface area (Å²) in [5.41, 5.74) is 3.13.